The van der Waals surface area contributed by atoms with E-state index in [0.717, 1.165) is 24.2 Å². The zero-order valence-corrected chi connectivity index (χ0v) is 11.8. The van der Waals surface area contributed by atoms with Crippen LogP contribution >= 0.6 is 0 Å². The molecule has 0 saturated heterocycles. The highest BCUT2D eigenvalue weighted by molar-refractivity contribution is 5.85. The molecule has 2 aliphatic rings. The van der Waals surface area contributed by atoms with Gasteiger partial charge in [0.2, 0.25) is 0 Å². The zero-order chi connectivity index (χ0) is 13.5. The van der Waals surface area contributed by atoms with E-state index in [2.05, 4.69) is 29.2 Å². The first kappa shape index (κ1) is 12.3. The summed E-state index contributed by atoms with van der Waals surface area (Å²) in [5, 5.41) is 2.48. The number of hydrogen-bond donors (Lipinski definition) is 1. The predicted molar refractivity (Wildman–Crippen MR) is 82.2 cm³/mol. The lowest BCUT2D eigenvalue weighted by molar-refractivity contribution is 0.296. The fourth-order valence-electron chi connectivity index (χ4n) is 4.59. The van der Waals surface area contributed by atoms with Crippen LogP contribution in [0.3, 0.4) is 0 Å². The number of nitrogens with two attached hydrogens (primary N) is 1. The number of rotatable bonds is 3. The van der Waals surface area contributed by atoms with E-state index in [9.17, 15) is 0 Å². The van der Waals surface area contributed by atoms with E-state index >= 15 is 0 Å². The summed E-state index contributed by atoms with van der Waals surface area (Å²) in [7, 11) is 0. The maximum absolute atomic E-state index is 6.55. The summed E-state index contributed by atoms with van der Waals surface area (Å²) in [5.74, 6) is 2.83. The van der Waals surface area contributed by atoms with Gasteiger partial charge in [0.1, 0.15) is 0 Å². The van der Waals surface area contributed by atoms with Crippen LogP contribution in [-0.2, 0) is 0 Å². The van der Waals surface area contributed by atoms with Crippen molar-refractivity contribution >= 4 is 10.8 Å². The van der Waals surface area contributed by atoms with Crippen LogP contribution in [0.1, 0.15) is 43.7 Å². The molecule has 1 aromatic carbocycles. The minimum Gasteiger partial charge on any atom is -0.324 e. The van der Waals surface area contributed by atoms with Crippen molar-refractivity contribution in [2.24, 2.45) is 23.5 Å². The number of hydrogen-bond acceptors (Lipinski definition) is 2. The number of fused-ring (bicyclic) bond motifs is 3. The minimum absolute atomic E-state index is 0.172. The van der Waals surface area contributed by atoms with Crippen LogP contribution in [0.4, 0.5) is 0 Å². The largest absolute Gasteiger partial charge is 0.324 e. The van der Waals surface area contributed by atoms with E-state index < -0.39 is 0 Å². The van der Waals surface area contributed by atoms with Gasteiger partial charge < -0.3 is 5.73 Å². The van der Waals surface area contributed by atoms with E-state index in [1.165, 1.54) is 42.0 Å². The number of benzene rings is 1. The van der Waals surface area contributed by atoms with E-state index in [4.69, 9.17) is 5.73 Å². The van der Waals surface area contributed by atoms with Crippen molar-refractivity contribution in [3.8, 4) is 0 Å². The molecule has 0 radical (unpaired) electrons. The van der Waals surface area contributed by atoms with Gasteiger partial charge in [0.15, 0.2) is 0 Å². The summed E-state index contributed by atoms with van der Waals surface area (Å²) < 4.78 is 0. The molecule has 0 aliphatic heterocycles. The average Bonchev–Trinajstić information content (AvgIpc) is 3.09. The Labute approximate surface area is 120 Å². The minimum atomic E-state index is 0.172. The molecule has 0 spiro atoms. The maximum atomic E-state index is 6.55. The molecule has 2 bridgehead atoms. The quantitative estimate of drug-likeness (QED) is 0.909. The van der Waals surface area contributed by atoms with Gasteiger partial charge in [-0.1, -0.05) is 24.6 Å². The SMILES string of the molecule is NC(CC1CC2CCC1C2)c1cccc2cnccc12. The Balaban J connectivity index is 1.59. The first-order chi connectivity index (χ1) is 9.81. The summed E-state index contributed by atoms with van der Waals surface area (Å²) in [6.07, 6.45) is 10.8. The van der Waals surface area contributed by atoms with Crippen molar-refractivity contribution in [2.75, 3.05) is 0 Å². The second-order valence-electron chi connectivity index (χ2n) is 6.72. The Morgan fingerprint density at radius 1 is 1.20 bits per heavy atom. The van der Waals surface area contributed by atoms with Crippen molar-refractivity contribution in [1.29, 1.82) is 0 Å². The Hall–Kier alpha value is -1.41. The average molecular weight is 266 g/mol. The van der Waals surface area contributed by atoms with Crippen LogP contribution in [0, 0.1) is 17.8 Å². The van der Waals surface area contributed by atoms with Crippen LogP contribution in [0.15, 0.2) is 36.7 Å². The molecule has 104 valence electrons. The van der Waals surface area contributed by atoms with Crippen LogP contribution in [0.5, 0.6) is 0 Å². The van der Waals surface area contributed by atoms with E-state index in [1.807, 2.05) is 12.4 Å². The summed E-state index contributed by atoms with van der Waals surface area (Å²) in [6, 6.07) is 8.70. The first-order valence-electron chi connectivity index (χ1n) is 7.89. The number of pyridine rings is 1. The Morgan fingerprint density at radius 3 is 2.95 bits per heavy atom. The summed E-state index contributed by atoms with van der Waals surface area (Å²) >= 11 is 0. The van der Waals surface area contributed by atoms with Gasteiger partial charge in [-0.2, -0.15) is 0 Å². The Kier molecular flexibility index (Phi) is 2.99. The molecule has 1 aromatic heterocycles. The Morgan fingerprint density at radius 2 is 2.15 bits per heavy atom. The molecule has 20 heavy (non-hydrogen) atoms. The van der Waals surface area contributed by atoms with E-state index in [-0.39, 0.29) is 6.04 Å². The van der Waals surface area contributed by atoms with Crippen LogP contribution in [0.2, 0.25) is 0 Å². The third-order valence-electron chi connectivity index (χ3n) is 5.56. The molecule has 2 nitrogen and oxygen atoms in total. The van der Waals surface area contributed by atoms with Crippen molar-refractivity contribution in [1.82, 2.24) is 4.98 Å². The number of aromatic nitrogens is 1. The first-order valence-corrected chi connectivity index (χ1v) is 7.89. The Bertz CT molecular complexity index is 616. The molecule has 4 rings (SSSR count). The highest BCUT2D eigenvalue weighted by Crippen LogP contribution is 2.50. The number of nitrogens with zero attached hydrogens (tertiary/aromatic N) is 1. The van der Waals surface area contributed by atoms with Gasteiger partial charge in [-0.05, 0) is 60.5 Å². The van der Waals surface area contributed by atoms with Crippen molar-refractivity contribution in [2.45, 2.75) is 38.1 Å². The summed E-state index contributed by atoms with van der Waals surface area (Å²) in [4.78, 5) is 4.21. The predicted octanol–water partition coefficient (Wildman–Crippen LogP) is 4.06. The van der Waals surface area contributed by atoms with Crippen molar-refractivity contribution in [3.63, 3.8) is 0 Å². The van der Waals surface area contributed by atoms with E-state index in [0.29, 0.717) is 0 Å². The normalized spacial score (nSPS) is 29.9. The molecule has 2 N–H and O–H groups in total. The van der Waals surface area contributed by atoms with E-state index in [1.54, 1.807) is 0 Å². The highest BCUT2D eigenvalue weighted by atomic mass is 14.7. The molecular formula is C18H22N2. The monoisotopic (exact) mass is 266 g/mol. The topological polar surface area (TPSA) is 38.9 Å². The summed E-state index contributed by atoms with van der Waals surface area (Å²) in [6.45, 7) is 0. The third kappa shape index (κ3) is 2.03. The van der Waals surface area contributed by atoms with Gasteiger partial charge in [-0.25, -0.2) is 0 Å². The molecule has 1 heterocycles. The van der Waals surface area contributed by atoms with Crippen molar-refractivity contribution in [3.05, 3.63) is 42.2 Å². The van der Waals surface area contributed by atoms with Crippen LogP contribution in [-0.4, -0.2) is 4.98 Å². The third-order valence-corrected chi connectivity index (χ3v) is 5.56. The molecule has 4 atom stereocenters. The molecule has 2 heteroatoms. The second-order valence-corrected chi connectivity index (χ2v) is 6.72. The van der Waals surface area contributed by atoms with Gasteiger partial charge >= 0.3 is 0 Å². The lowest BCUT2D eigenvalue weighted by atomic mass is 9.82. The molecule has 2 aromatic rings. The standard InChI is InChI=1S/C18H22N2/c19-18(10-15-9-12-4-5-13(15)8-12)17-3-1-2-14-11-20-7-6-16(14)17/h1-3,6-7,11-13,15,18H,4-5,8-10,19H2. The lowest BCUT2D eigenvalue weighted by Crippen LogP contribution is -2.19. The molecule has 0 amide bonds. The van der Waals surface area contributed by atoms with Gasteiger partial charge in [0, 0.05) is 23.8 Å². The van der Waals surface area contributed by atoms with Gasteiger partial charge in [0.25, 0.3) is 0 Å². The zero-order valence-electron chi connectivity index (χ0n) is 11.8. The fraction of sp³-hybridized carbons (Fsp3) is 0.500. The van der Waals surface area contributed by atoms with Gasteiger partial charge in [0.05, 0.1) is 0 Å². The molecule has 2 saturated carbocycles. The molecule has 2 fully saturated rings. The summed E-state index contributed by atoms with van der Waals surface area (Å²) in [5.41, 5.74) is 7.85. The van der Waals surface area contributed by atoms with Gasteiger partial charge in [-0.3, -0.25) is 4.98 Å². The van der Waals surface area contributed by atoms with Crippen molar-refractivity contribution < 1.29 is 0 Å². The lowest BCUT2D eigenvalue weighted by Gasteiger charge is -2.25. The maximum Gasteiger partial charge on any atom is 0.0346 e. The smallest absolute Gasteiger partial charge is 0.0346 e. The molecule has 4 unspecified atom stereocenters. The molecular weight excluding hydrogens is 244 g/mol. The van der Waals surface area contributed by atoms with Crippen LogP contribution in [0.25, 0.3) is 10.8 Å². The fourth-order valence-corrected chi connectivity index (χ4v) is 4.59. The van der Waals surface area contributed by atoms with Gasteiger partial charge in [-0.15, -0.1) is 0 Å². The van der Waals surface area contributed by atoms with Crippen LogP contribution < -0.4 is 5.73 Å². The molecule has 2 aliphatic carbocycles. The highest BCUT2D eigenvalue weighted by Gasteiger charge is 2.39. The second kappa shape index (κ2) is 4.85.